The molecule has 18 heavy (non-hydrogen) atoms. The van der Waals surface area contributed by atoms with E-state index in [0.717, 1.165) is 11.2 Å². The van der Waals surface area contributed by atoms with Gasteiger partial charge in [-0.1, -0.05) is 0 Å². The fourth-order valence-corrected chi connectivity index (χ4v) is 1.71. The van der Waals surface area contributed by atoms with Crippen molar-refractivity contribution in [2.24, 2.45) is 0 Å². The number of allylic oxidation sites excluding steroid dienone is 1. The molecule has 0 aliphatic carbocycles. The number of carbonyl (C=O) groups is 1. The second-order valence-electron chi connectivity index (χ2n) is 4.65. The summed E-state index contributed by atoms with van der Waals surface area (Å²) >= 11 is 0. The molecule has 0 fully saturated rings. The number of aromatic nitrogens is 2. The average molecular weight is 243 g/mol. The van der Waals surface area contributed by atoms with E-state index in [4.69, 9.17) is 0 Å². The van der Waals surface area contributed by atoms with Gasteiger partial charge in [0.1, 0.15) is 11.3 Å². The van der Waals surface area contributed by atoms with Crippen LogP contribution in [0.25, 0.3) is 5.65 Å². The Balaban J connectivity index is 2.46. The largest absolute Gasteiger partial charge is 0.383 e. The molecule has 0 aliphatic rings. The number of imidazole rings is 1. The van der Waals surface area contributed by atoms with Gasteiger partial charge in [0.05, 0.1) is 6.20 Å². The number of hydrogen-bond acceptors (Lipinski definition) is 3. The maximum atomic E-state index is 12.0. The summed E-state index contributed by atoms with van der Waals surface area (Å²) in [5.41, 5.74) is 3.72. The number of pyridine rings is 1. The van der Waals surface area contributed by atoms with Gasteiger partial charge in [0.25, 0.3) is 0 Å². The highest BCUT2D eigenvalue weighted by molar-refractivity contribution is 6.03. The normalized spacial score (nSPS) is 11.3. The minimum absolute atomic E-state index is 0.0422. The molecule has 0 saturated carbocycles. The van der Waals surface area contributed by atoms with Crippen molar-refractivity contribution >= 4 is 11.4 Å². The number of fused-ring (bicyclic) bond motifs is 1. The van der Waals surface area contributed by atoms with Gasteiger partial charge in [-0.25, -0.2) is 4.98 Å². The molecular formula is C14H17N3O. The summed E-state index contributed by atoms with van der Waals surface area (Å²) in [6.45, 7) is 4.07. The third-order valence-corrected chi connectivity index (χ3v) is 2.89. The van der Waals surface area contributed by atoms with Crippen molar-refractivity contribution < 1.29 is 4.79 Å². The van der Waals surface area contributed by atoms with Crippen LogP contribution >= 0.6 is 0 Å². The van der Waals surface area contributed by atoms with Gasteiger partial charge < -0.3 is 4.90 Å². The molecule has 0 bridgehead atoms. The minimum Gasteiger partial charge on any atom is -0.383 e. The first-order valence-corrected chi connectivity index (χ1v) is 5.82. The van der Waals surface area contributed by atoms with Crippen LogP contribution in [-0.4, -0.2) is 34.2 Å². The van der Waals surface area contributed by atoms with Crippen LogP contribution in [0.3, 0.4) is 0 Å². The van der Waals surface area contributed by atoms with E-state index in [1.165, 1.54) is 5.56 Å². The predicted molar refractivity (Wildman–Crippen MR) is 71.8 cm³/mol. The van der Waals surface area contributed by atoms with Crippen LogP contribution in [0.4, 0.5) is 0 Å². The molecule has 0 amide bonds. The fraction of sp³-hybridized carbons (Fsp3) is 0.286. The molecule has 2 aromatic heterocycles. The third kappa shape index (κ3) is 2.27. The molecule has 0 aliphatic heterocycles. The van der Waals surface area contributed by atoms with Crippen molar-refractivity contribution in [2.45, 2.75) is 13.8 Å². The Morgan fingerprint density at radius 2 is 2.06 bits per heavy atom. The molecule has 2 heterocycles. The second-order valence-corrected chi connectivity index (χ2v) is 4.65. The molecule has 4 heteroatoms. The molecule has 0 unspecified atom stereocenters. The van der Waals surface area contributed by atoms with Gasteiger partial charge in [0.2, 0.25) is 5.78 Å². The summed E-state index contributed by atoms with van der Waals surface area (Å²) in [5, 5.41) is 0. The zero-order valence-electron chi connectivity index (χ0n) is 11.1. The van der Waals surface area contributed by atoms with Gasteiger partial charge in [-0.2, -0.15) is 0 Å². The van der Waals surface area contributed by atoms with Crippen molar-refractivity contribution in [1.29, 1.82) is 0 Å². The molecule has 2 aromatic rings. The van der Waals surface area contributed by atoms with Crippen LogP contribution in [0.2, 0.25) is 0 Å². The first-order chi connectivity index (χ1) is 8.49. The van der Waals surface area contributed by atoms with Crippen molar-refractivity contribution in [3.8, 4) is 0 Å². The van der Waals surface area contributed by atoms with Crippen LogP contribution in [0, 0.1) is 13.8 Å². The Morgan fingerprint density at radius 1 is 1.33 bits per heavy atom. The van der Waals surface area contributed by atoms with E-state index in [-0.39, 0.29) is 5.78 Å². The van der Waals surface area contributed by atoms with Crippen LogP contribution in [0.5, 0.6) is 0 Å². The maximum Gasteiger partial charge on any atom is 0.205 e. The van der Waals surface area contributed by atoms with Crippen molar-refractivity contribution in [1.82, 2.24) is 14.3 Å². The minimum atomic E-state index is -0.0422. The number of ketones is 1. The van der Waals surface area contributed by atoms with Crippen LogP contribution in [0.1, 0.15) is 21.6 Å². The molecule has 0 radical (unpaired) electrons. The molecule has 0 aromatic carbocycles. The first-order valence-electron chi connectivity index (χ1n) is 5.82. The Hall–Kier alpha value is -2.10. The van der Waals surface area contributed by atoms with Gasteiger partial charge in [0.15, 0.2) is 0 Å². The third-order valence-electron chi connectivity index (χ3n) is 2.89. The lowest BCUT2D eigenvalue weighted by atomic mass is 10.2. The monoisotopic (exact) mass is 243 g/mol. The van der Waals surface area contributed by atoms with E-state index < -0.39 is 0 Å². The van der Waals surface area contributed by atoms with E-state index in [2.05, 4.69) is 4.98 Å². The van der Waals surface area contributed by atoms with Crippen LogP contribution in [0.15, 0.2) is 30.7 Å². The second kappa shape index (κ2) is 4.64. The maximum absolute atomic E-state index is 12.0. The fourth-order valence-electron chi connectivity index (χ4n) is 1.71. The number of carbonyl (C=O) groups excluding carboxylic acids is 1. The van der Waals surface area contributed by atoms with E-state index in [9.17, 15) is 4.79 Å². The molecule has 0 N–H and O–H groups in total. The summed E-state index contributed by atoms with van der Waals surface area (Å²) in [4.78, 5) is 18.1. The van der Waals surface area contributed by atoms with Gasteiger partial charge in [-0.3, -0.25) is 9.20 Å². The molecule has 4 nitrogen and oxygen atoms in total. The number of aryl methyl sites for hydroxylation is 2. The molecule has 0 atom stereocenters. The highest BCUT2D eigenvalue weighted by atomic mass is 16.1. The number of nitrogens with zero attached hydrogens (tertiary/aromatic N) is 3. The number of rotatable bonds is 3. The van der Waals surface area contributed by atoms with Gasteiger partial charge in [0, 0.05) is 32.6 Å². The molecule has 94 valence electrons. The topological polar surface area (TPSA) is 37.6 Å². The quantitative estimate of drug-likeness (QED) is 0.612. The van der Waals surface area contributed by atoms with Crippen molar-refractivity contribution in [3.05, 3.63) is 47.6 Å². The Morgan fingerprint density at radius 3 is 2.72 bits per heavy atom. The van der Waals surface area contributed by atoms with Gasteiger partial charge in [-0.15, -0.1) is 0 Å². The highest BCUT2D eigenvalue weighted by Gasteiger charge is 2.10. The summed E-state index contributed by atoms with van der Waals surface area (Å²) in [7, 11) is 3.76. The Kier molecular flexibility index (Phi) is 3.19. The van der Waals surface area contributed by atoms with Crippen LogP contribution < -0.4 is 0 Å². The molecule has 0 saturated heterocycles. The summed E-state index contributed by atoms with van der Waals surface area (Å²) in [6.07, 6.45) is 6.87. The zero-order valence-corrected chi connectivity index (χ0v) is 11.1. The van der Waals surface area contributed by atoms with Crippen molar-refractivity contribution in [2.75, 3.05) is 14.1 Å². The first kappa shape index (κ1) is 12.4. The van der Waals surface area contributed by atoms with Crippen LogP contribution in [-0.2, 0) is 0 Å². The highest BCUT2D eigenvalue weighted by Crippen LogP contribution is 2.13. The predicted octanol–water partition coefficient (Wildman–Crippen LogP) is 2.21. The Labute approximate surface area is 107 Å². The van der Waals surface area contributed by atoms with Gasteiger partial charge in [-0.05, 0) is 31.0 Å². The van der Waals surface area contributed by atoms with Gasteiger partial charge >= 0.3 is 0 Å². The lowest BCUT2D eigenvalue weighted by Crippen LogP contribution is -2.05. The summed E-state index contributed by atoms with van der Waals surface area (Å²) < 4.78 is 1.84. The summed E-state index contributed by atoms with van der Waals surface area (Å²) in [6, 6.07) is 1.99. The standard InChI is InChI=1S/C14H17N3O/c1-10-7-14-15-8-12(17(14)9-11(10)2)13(18)5-6-16(3)4/h5-9H,1-4H3. The SMILES string of the molecule is Cc1cc2ncc(C(=O)C=CN(C)C)n2cc1C. The molecular weight excluding hydrogens is 226 g/mol. The lowest BCUT2D eigenvalue weighted by Gasteiger charge is -2.04. The molecule has 2 rings (SSSR count). The number of hydrogen-bond donors (Lipinski definition) is 0. The lowest BCUT2D eigenvalue weighted by molar-refractivity contribution is 0.104. The zero-order chi connectivity index (χ0) is 13.3. The smallest absolute Gasteiger partial charge is 0.205 e. The van der Waals surface area contributed by atoms with E-state index in [0.29, 0.717) is 5.69 Å². The Bertz CT molecular complexity index is 623. The van der Waals surface area contributed by atoms with E-state index in [1.807, 2.05) is 49.5 Å². The molecule has 0 spiro atoms. The summed E-state index contributed by atoms with van der Waals surface area (Å²) in [5.74, 6) is -0.0422. The average Bonchev–Trinajstić information content (AvgIpc) is 2.69. The van der Waals surface area contributed by atoms with Crippen molar-refractivity contribution in [3.63, 3.8) is 0 Å². The van der Waals surface area contributed by atoms with E-state index in [1.54, 1.807) is 18.5 Å². The van der Waals surface area contributed by atoms with E-state index >= 15 is 0 Å².